The third kappa shape index (κ3) is 5.98. The van der Waals surface area contributed by atoms with Crippen LogP contribution in [0.1, 0.15) is 24.0 Å². The van der Waals surface area contributed by atoms with E-state index < -0.39 is 0 Å². The van der Waals surface area contributed by atoms with Gasteiger partial charge in [0.15, 0.2) is 0 Å². The van der Waals surface area contributed by atoms with Gasteiger partial charge < -0.3 is 19.9 Å². The molecule has 5 rings (SSSR count). The van der Waals surface area contributed by atoms with E-state index in [0.717, 1.165) is 40.3 Å². The minimum Gasteiger partial charge on any atom is -0.424 e. The van der Waals surface area contributed by atoms with E-state index in [9.17, 15) is 4.39 Å². The molecule has 0 saturated heterocycles. The van der Waals surface area contributed by atoms with Crippen molar-refractivity contribution < 1.29 is 9.13 Å². The van der Waals surface area contributed by atoms with E-state index in [1.54, 1.807) is 0 Å². The Labute approximate surface area is 219 Å². The molecule has 2 aromatic heterocycles. The molecule has 0 amide bonds. The van der Waals surface area contributed by atoms with Gasteiger partial charge in [0.2, 0.25) is 5.95 Å². The number of nitrogens with one attached hydrogen (secondary N) is 2. The van der Waals surface area contributed by atoms with Crippen LogP contribution in [0.15, 0.2) is 79.1 Å². The van der Waals surface area contributed by atoms with Gasteiger partial charge in [-0.05, 0) is 59.5 Å². The van der Waals surface area contributed by atoms with Crippen molar-refractivity contribution in [3.05, 3.63) is 101 Å². The molecule has 1 unspecified atom stereocenters. The van der Waals surface area contributed by atoms with Gasteiger partial charge in [-0.3, -0.25) is 0 Å². The monoisotopic (exact) mass is 516 g/mol. The molecule has 0 aliphatic heterocycles. The SMILES string of the molecule is CC(CNc1ccc2nc(NCc3ccc(Oc4ncc(Cl)cn4)cc3)n(C)c2c1)c1ccc(F)cc1. The number of benzene rings is 3. The quantitative estimate of drug-likeness (QED) is 0.225. The summed E-state index contributed by atoms with van der Waals surface area (Å²) < 4.78 is 20.9. The summed E-state index contributed by atoms with van der Waals surface area (Å²) in [7, 11) is 1.99. The zero-order chi connectivity index (χ0) is 25.8. The molecule has 37 heavy (non-hydrogen) atoms. The predicted molar refractivity (Wildman–Crippen MR) is 145 cm³/mol. The zero-order valence-corrected chi connectivity index (χ0v) is 21.2. The summed E-state index contributed by atoms with van der Waals surface area (Å²) in [6.45, 7) is 3.47. The van der Waals surface area contributed by atoms with Crippen LogP contribution in [0, 0.1) is 5.82 Å². The minimum atomic E-state index is -0.217. The van der Waals surface area contributed by atoms with Crippen LogP contribution in [-0.2, 0) is 13.6 Å². The molecule has 2 heterocycles. The lowest BCUT2D eigenvalue weighted by Crippen LogP contribution is -2.10. The summed E-state index contributed by atoms with van der Waals surface area (Å²) in [5, 5.41) is 7.36. The maximum Gasteiger partial charge on any atom is 0.321 e. The molecule has 0 aliphatic rings. The second-order valence-electron chi connectivity index (χ2n) is 8.81. The Kier molecular flexibility index (Phi) is 7.18. The lowest BCUT2D eigenvalue weighted by atomic mass is 10.0. The van der Waals surface area contributed by atoms with Crippen LogP contribution in [0.25, 0.3) is 11.0 Å². The number of nitrogens with zero attached hydrogens (tertiary/aromatic N) is 4. The molecule has 188 valence electrons. The van der Waals surface area contributed by atoms with Crippen LogP contribution < -0.4 is 15.4 Å². The van der Waals surface area contributed by atoms with Gasteiger partial charge in [-0.1, -0.05) is 42.8 Å². The fourth-order valence-corrected chi connectivity index (χ4v) is 4.05. The molecule has 3 aromatic carbocycles. The summed E-state index contributed by atoms with van der Waals surface area (Å²) in [6, 6.07) is 20.7. The van der Waals surface area contributed by atoms with E-state index in [0.29, 0.717) is 17.3 Å². The fourth-order valence-electron chi connectivity index (χ4n) is 3.95. The van der Waals surface area contributed by atoms with Crippen LogP contribution in [0.2, 0.25) is 5.02 Å². The zero-order valence-electron chi connectivity index (χ0n) is 20.5. The van der Waals surface area contributed by atoms with Crippen LogP contribution in [0.5, 0.6) is 11.8 Å². The summed E-state index contributed by atoms with van der Waals surface area (Å²) in [5.74, 6) is 1.45. The highest BCUT2D eigenvalue weighted by atomic mass is 35.5. The Morgan fingerprint density at radius 2 is 1.70 bits per heavy atom. The van der Waals surface area contributed by atoms with Crippen molar-refractivity contribution >= 4 is 34.3 Å². The van der Waals surface area contributed by atoms with E-state index in [1.165, 1.54) is 24.5 Å². The summed E-state index contributed by atoms with van der Waals surface area (Å²) in [5.41, 5.74) is 5.12. The van der Waals surface area contributed by atoms with Gasteiger partial charge in [-0.15, -0.1) is 0 Å². The Hall–Kier alpha value is -4.17. The second-order valence-corrected chi connectivity index (χ2v) is 9.25. The molecule has 2 N–H and O–H groups in total. The summed E-state index contributed by atoms with van der Waals surface area (Å²) >= 11 is 5.81. The van der Waals surface area contributed by atoms with Crippen LogP contribution in [-0.4, -0.2) is 26.1 Å². The first-order valence-corrected chi connectivity index (χ1v) is 12.3. The van der Waals surface area contributed by atoms with Crippen molar-refractivity contribution in [2.24, 2.45) is 7.05 Å². The van der Waals surface area contributed by atoms with Crippen molar-refractivity contribution in [3.63, 3.8) is 0 Å². The molecule has 0 saturated carbocycles. The first-order chi connectivity index (χ1) is 17.9. The lowest BCUT2D eigenvalue weighted by Gasteiger charge is -2.14. The van der Waals surface area contributed by atoms with Crippen LogP contribution >= 0.6 is 11.6 Å². The number of halogens is 2. The normalized spacial score (nSPS) is 11.9. The number of aryl methyl sites for hydroxylation is 1. The van der Waals surface area contributed by atoms with E-state index in [2.05, 4.69) is 33.6 Å². The Bertz CT molecular complexity index is 1490. The fraction of sp³-hybridized carbons (Fsp3) is 0.179. The number of hydrogen-bond acceptors (Lipinski definition) is 6. The molecular formula is C28H26ClFN6O. The highest BCUT2D eigenvalue weighted by Crippen LogP contribution is 2.24. The van der Waals surface area contributed by atoms with E-state index in [1.807, 2.05) is 60.1 Å². The average molecular weight is 517 g/mol. The second kappa shape index (κ2) is 10.8. The Morgan fingerprint density at radius 3 is 2.43 bits per heavy atom. The highest BCUT2D eigenvalue weighted by Gasteiger charge is 2.10. The van der Waals surface area contributed by atoms with Crippen molar-refractivity contribution in [2.45, 2.75) is 19.4 Å². The first-order valence-electron chi connectivity index (χ1n) is 11.9. The Balaban J connectivity index is 1.20. The predicted octanol–water partition coefficient (Wildman–Crippen LogP) is 6.78. The molecule has 0 aliphatic carbocycles. The van der Waals surface area contributed by atoms with Crippen molar-refractivity contribution in [2.75, 3.05) is 17.2 Å². The van der Waals surface area contributed by atoms with Gasteiger partial charge in [-0.25, -0.2) is 19.3 Å². The summed E-state index contributed by atoms with van der Waals surface area (Å²) in [4.78, 5) is 12.8. The topological polar surface area (TPSA) is 76.9 Å². The molecule has 0 fully saturated rings. The lowest BCUT2D eigenvalue weighted by molar-refractivity contribution is 0.441. The van der Waals surface area contributed by atoms with Gasteiger partial charge in [-0.2, -0.15) is 0 Å². The molecule has 0 bridgehead atoms. The average Bonchev–Trinajstić information content (AvgIpc) is 3.23. The maximum atomic E-state index is 13.2. The first kappa shape index (κ1) is 24.5. The molecule has 5 aromatic rings. The number of hydrogen-bond donors (Lipinski definition) is 2. The standard InChI is InChI=1S/C28H26ClFN6O/c1-18(20-5-7-22(30)8-6-20)14-31-23-9-12-25-26(13-23)36(2)27(35-25)32-15-19-3-10-24(11-4-19)37-28-33-16-21(29)17-34-28/h3-13,16-18,31H,14-15H2,1-2H3,(H,32,35). The van der Waals surface area contributed by atoms with Gasteiger partial charge in [0, 0.05) is 25.8 Å². The van der Waals surface area contributed by atoms with Gasteiger partial charge >= 0.3 is 6.01 Å². The van der Waals surface area contributed by atoms with E-state index >= 15 is 0 Å². The van der Waals surface area contributed by atoms with Gasteiger partial charge in [0.1, 0.15) is 11.6 Å². The largest absolute Gasteiger partial charge is 0.424 e. The number of ether oxygens (including phenoxy) is 1. The number of fused-ring (bicyclic) bond motifs is 1. The number of anilines is 2. The number of imidazole rings is 1. The van der Waals surface area contributed by atoms with E-state index in [4.69, 9.17) is 21.3 Å². The molecule has 7 nitrogen and oxygen atoms in total. The van der Waals surface area contributed by atoms with Crippen molar-refractivity contribution in [1.29, 1.82) is 0 Å². The third-order valence-electron chi connectivity index (χ3n) is 6.11. The molecule has 0 radical (unpaired) electrons. The minimum absolute atomic E-state index is 0.217. The third-order valence-corrected chi connectivity index (χ3v) is 6.31. The van der Waals surface area contributed by atoms with E-state index in [-0.39, 0.29) is 17.7 Å². The Morgan fingerprint density at radius 1 is 0.973 bits per heavy atom. The van der Waals surface area contributed by atoms with Crippen LogP contribution in [0.4, 0.5) is 16.0 Å². The summed E-state index contributed by atoms with van der Waals surface area (Å²) in [6.07, 6.45) is 2.99. The molecule has 9 heteroatoms. The molecular weight excluding hydrogens is 491 g/mol. The van der Waals surface area contributed by atoms with Crippen molar-refractivity contribution in [3.8, 4) is 11.8 Å². The van der Waals surface area contributed by atoms with Crippen LogP contribution in [0.3, 0.4) is 0 Å². The number of rotatable bonds is 9. The molecule has 1 atom stereocenters. The van der Waals surface area contributed by atoms with Crippen molar-refractivity contribution in [1.82, 2.24) is 19.5 Å². The number of aromatic nitrogens is 4. The smallest absolute Gasteiger partial charge is 0.321 e. The van der Waals surface area contributed by atoms with Gasteiger partial charge in [0.05, 0.1) is 28.4 Å². The maximum absolute atomic E-state index is 13.2. The molecule has 0 spiro atoms. The van der Waals surface area contributed by atoms with Gasteiger partial charge in [0.25, 0.3) is 0 Å². The highest BCUT2D eigenvalue weighted by molar-refractivity contribution is 6.30.